The molecule has 4 aromatic carbocycles. The van der Waals surface area contributed by atoms with Gasteiger partial charge in [-0.05, 0) is 139 Å². The molecule has 0 bridgehead atoms. The molecular weight excluding hydrogens is 1260 g/mol. The van der Waals surface area contributed by atoms with E-state index >= 15 is 0 Å². The first-order valence-corrected chi connectivity index (χ1v) is 36.0. The van der Waals surface area contributed by atoms with Gasteiger partial charge < -0.3 is 84.3 Å². The molecule has 2 heterocycles. The van der Waals surface area contributed by atoms with E-state index in [2.05, 4.69) is 164 Å². The van der Waals surface area contributed by atoms with Crippen molar-refractivity contribution in [1.82, 2.24) is 31.9 Å². The summed E-state index contributed by atoms with van der Waals surface area (Å²) in [6.45, 7) is 17.7. The Morgan fingerprint density at radius 2 is 0.657 bits per heavy atom. The van der Waals surface area contributed by atoms with Crippen LogP contribution >= 0.6 is 0 Å². The second-order valence-electron chi connectivity index (χ2n) is 24.7. The van der Waals surface area contributed by atoms with Gasteiger partial charge in [0.2, 0.25) is 45.7 Å². The predicted octanol–water partition coefficient (Wildman–Crippen LogP) is 7.47. The number of hydrogen-bond donors (Lipinski definition) is 6. The fraction of sp³-hybridized carbons (Fsp3) is 0.605. The summed E-state index contributed by atoms with van der Waals surface area (Å²) in [7, 11) is 12.2. The van der Waals surface area contributed by atoms with Gasteiger partial charge >= 0.3 is 0 Å². The first-order chi connectivity index (χ1) is 48.3. The molecule has 0 saturated heterocycles. The zero-order valence-corrected chi connectivity index (χ0v) is 61.0. The van der Waals surface area contributed by atoms with Gasteiger partial charge in [-0.15, -0.1) is 0 Å². The van der Waals surface area contributed by atoms with Gasteiger partial charge in [0, 0.05) is 190 Å². The number of aromatic nitrogens is 2. The topological polar surface area (TPSA) is 238 Å². The molecule has 0 atom stereocenters. The molecule has 0 radical (unpaired) electrons. The third-order valence-electron chi connectivity index (χ3n) is 16.3. The Kier molecular flexibility index (Phi) is 43.1. The smallest absolute Gasteiger partial charge is 0.246 e. The van der Waals surface area contributed by atoms with Crippen LogP contribution in [0.25, 0.3) is 43.6 Å². The third-order valence-corrected chi connectivity index (χ3v) is 16.3. The first kappa shape index (κ1) is 82.9. The number of carbonyl (C=O) groups excluding carboxylic acids is 4. The van der Waals surface area contributed by atoms with E-state index in [1.54, 1.807) is 0 Å². The highest BCUT2D eigenvalue weighted by Crippen LogP contribution is 2.26. The van der Waals surface area contributed by atoms with Crippen LogP contribution in [0, 0.1) is 0 Å². The minimum absolute atomic E-state index is 0.0130. The Morgan fingerprint density at radius 3 is 1.02 bits per heavy atom. The predicted molar refractivity (Wildman–Crippen MR) is 394 cm³/mol. The lowest BCUT2D eigenvalue weighted by Crippen LogP contribution is -2.36. The van der Waals surface area contributed by atoms with Crippen molar-refractivity contribution < 1.29 is 70.9 Å². The lowest BCUT2D eigenvalue weighted by atomic mass is 10.0. The van der Waals surface area contributed by atoms with Crippen LogP contribution in [0.2, 0.25) is 0 Å². The standard InChI is InChI=1S/C46H74N6O10.C30H44N4O3/c1-6-56-22-10-19-48-45(54)36-61-31-29-60-30-32-62-37-46(55)49-20-12-24-58-26-28-59-27-25-57-23-11-18-47-44(53)13-8-7-9-21-52-42-34-40(50(2)3)16-14-38(42)33-39-15-17-41(51(4)5)35-43(39)52;1-4-36-17-18-37-16-8-14-33-30(35)9-6-5-7-15-34-28-19-24(22-31-2)10-12-26(28)21-27-13-11-25(23-32-3)20-29(27)34/h14-17,33-35H,6-13,18-32,36-37H2,1-5H3,(H2-,47,48,49,53,54,55);10-13,19-21,31-32H,4-9,14-18,22-23H2,1-3H3/p+2. The van der Waals surface area contributed by atoms with E-state index in [0.717, 1.165) is 84.0 Å². The summed E-state index contributed by atoms with van der Waals surface area (Å²) in [6, 6.07) is 31.3. The van der Waals surface area contributed by atoms with Crippen LogP contribution in [0.4, 0.5) is 11.4 Å². The summed E-state index contributed by atoms with van der Waals surface area (Å²) in [5.41, 5.74) is 9.89. The summed E-state index contributed by atoms with van der Waals surface area (Å²) in [5.74, 6) is -0.150. The first-order valence-electron chi connectivity index (χ1n) is 36.0. The highest BCUT2D eigenvalue weighted by molar-refractivity contribution is 5.92. The summed E-state index contributed by atoms with van der Waals surface area (Å²) < 4.78 is 53.6. The van der Waals surface area contributed by atoms with Crippen molar-refractivity contribution in [3.05, 3.63) is 96.1 Å². The third kappa shape index (κ3) is 34.0. The number of hydrogen-bond acceptors (Lipinski definition) is 17. The highest BCUT2D eigenvalue weighted by atomic mass is 16.6. The van der Waals surface area contributed by atoms with Crippen LogP contribution < -0.4 is 50.8 Å². The van der Waals surface area contributed by atoms with Crippen LogP contribution in [-0.2, 0) is 88.0 Å². The molecule has 0 fully saturated rings. The number of fused-ring (bicyclic) bond motifs is 4. The lowest BCUT2D eigenvalue weighted by molar-refractivity contribution is -0.646. The van der Waals surface area contributed by atoms with E-state index in [1.165, 1.54) is 66.1 Å². The maximum atomic E-state index is 12.5. The van der Waals surface area contributed by atoms with Crippen LogP contribution in [0.5, 0.6) is 0 Å². The van der Waals surface area contributed by atoms with E-state index in [4.69, 9.17) is 42.6 Å². The number of pyridine rings is 2. The van der Waals surface area contributed by atoms with E-state index in [9.17, 15) is 19.2 Å². The van der Waals surface area contributed by atoms with E-state index in [1.807, 2.05) is 27.9 Å². The molecule has 6 N–H and O–H groups in total. The lowest BCUT2D eigenvalue weighted by Gasteiger charge is -2.15. The van der Waals surface area contributed by atoms with Gasteiger partial charge in [0.25, 0.3) is 0 Å². The Bertz CT molecular complexity index is 3120. The van der Waals surface area contributed by atoms with Crippen LogP contribution in [0.15, 0.2) is 84.9 Å². The maximum Gasteiger partial charge on any atom is 0.246 e. The Labute approximate surface area is 589 Å². The Balaban J connectivity index is 0.000000405. The molecule has 0 unspecified atom stereocenters. The van der Waals surface area contributed by atoms with Gasteiger partial charge in [-0.1, -0.05) is 12.1 Å². The number of unbranched alkanes of at least 4 members (excludes halogenated alkanes) is 4. The minimum atomic E-state index is -0.197. The van der Waals surface area contributed by atoms with Crippen LogP contribution in [0.1, 0.15) is 102 Å². The fourth-order valence-corrected chi connectivity index (χ4v) is 11.0. The van der Waals surface area contributed by atoms with E-state index < -0.39 is 0 Å². The van der Waals surface area contributed by atoms with Gasteiger partial charge in [-0.25, -0.2) is 0 Å². The molecule has 99 heavy (non-hydrogen) atoms. The molecule has 4 amide bonds. The van der Waals surface area contributed by atoms with Crippen molar-refractivity contribution in [2.45, 2.75) is 117 Å². The number of nitrogens with zero attached hydrogens (tertiary/aromatic N) is 4. The molecule has 550 valence electrons. The quantitative estimate of drug-likeness (QED) is 0.0123. The summed E-state index contributed by atoms with van der Waals surface area (Å²) >= 11 is 0. The summed E-state index contributed by atoms with van der Waals surface area (Å²) in [6.07, 6.45) is 9.88. The fourth-order valence-electron chi connectivity index (χ4n) is 11.0. The molecule has 0 aliphatic heterocycles. The average Bonchev–Trinajstić information content (AvgIpc) is 0.775. The zero-order chi connectivity index (χ0) is 70.9. The number of aryl methyl sites for hydroxylation is 2. The van der Waals surface area contributed by atoms with Crippen LogP contribution in [-0.4, -0.2) is 211 Å². The zero-order valence-electron chi connectivity index (χ0n) is 61.0. The van der Waals surface area contributed by atoms with Gasteiger partial charge in [0.15, 0.2) is 0 Å². The highest BCUT2D eigenvalue weighted by Gasteiger charge is 2.20. The molecule has 6 aromatic rings. The molecule has 0 saturated carbocycles. The average molecular weight is 1380 g/mol. The molecule has 23 nitrogen and oxygen atoms in total. The van der Waals surface area contributed by atoms with Crippen LogP contribution in [0.3, 0.4) is 0 Å². The number of ether oxygens (including phenoxy) is 9. The number of nitrogens with one attached hydrogen (secondary N) is 6. The van der Waals surface area contributed by atoms with Crippen molar-refractivity contribution in [1.29, 1.82) is 0 Å². The van der Waals surface area contributed by atoms with E-state index in [0.29, 0.717) is 145 Å². The number of rotatable bonds is 55. The van der Waals surface area contributed by atoms with E-state index in [-0.39, 0.29) is 43.4 Å². The second-order valence-corrected chi connectivity index (χ2v) is 24.7. The summed E-state index contributed by atoms with van der Waals surface area (Å²) in [5, 5.41) is 23.1. The largest absolute Gasteiger partial charge is 0.382 e. The van der Waals surface area contributed by atoms with Crippen molar-refractivity contribution >= 4 is 78.6 Å². The second kappa shape index (κ2) is 51.4. The monoisotopic (exact) mass is 1380 g/mol. The number of anilines is 2. The summed E-state index contributed by atoms with van der Waals surface area (Å²) in [4.78, 5) is 52.5. The number of carbonyl (C=O) groups is 4. The number of amides is 4. The van der Waals surface area contributed by atoms with Crippen molar-refractivity contribution in [3.8, 4) is 0 Å². The molecule has 23 heteroatoms. The molecule has 6 rings (SSSR count). The van der Waals surface area contributed by atoms with Gasteiger partial charge in [0.1, 0.15) is 26.3 Å². The van der Waals surface area contributed by atoms with Crippen molar-refractivity contribution in [2.75, 3.05) is 197 Å². The maximum absolute atomic E-state index is 12.5. The van der Waals surface area contributed by atoms with Crippen molar-refractivity contribution in [2.24, 2.45) is 0 Å². The Morgan fingerprint density at radius 1 is 0.343 bits per heavy atom. The Hall–Kier alpha value is -6.74. The SMILES string of the molecule is CCOCCCNC(=O)COCCOCCOCC(=O)NCCCOCCOCCOCCCNC(=O)CCCCC[n+]1c2cc(N(C)C)ccc2cc2ccc(N(C)C)cc21.CCOCCOCCCNC(=O)CCCCC[n+]1c2cc(CNC)ccc2cc2ccc(CNC)cc21. The minimum Gasteiger partial charge on any atom is -0.382 e. The van der Waals surface area contributed by atoms with Gasteiger partial charge in [-0.3, -0.25) is 19.2 Å². The normalized spacial score (nSPS) is 11.4. The molecular formula is C76H120N10O13+2. The molecule has 2 aromatic heterocycles. The van der Waals surface area contributed by atoms with Crippen molar-refractivity contribution in [3.63, 3.8) is 0 Å². The molecule has 0 aliphatic rings. The van der Waals surface area contributed by atoms with Gasteiger partial charge in [0.05, 0.1) is 66.1 Å². The molecule has 0 spiro atoms. The van der Waals surface area contributed by atoms with Gasteiger partial charge in [-0.2, -0.15) is 9.13 Å². The molecule has 0 aliphatic carbocycles. The number of benzene rings is 4.